The van der Waals surface area contributed by atoms with Gasteiger partial charge in [0.25, 0.3) is 5.91 Å². The van der Waals surface area contributed by atoms with Crippen LogP contribution in [0.4, 0.5) is 0 Å². The summed E-state index contributed by atoms with van der Waals surface area (Å²) in [6, 6.07) is 39.2. The normalized spacial score (nSPS) is 15.5. The SMILES string of the molecule is O=C(NC1CCN(CCC(c2ccccc2)c2ccccc2)C1)c1ccccc1OCc1ccccc1. The van der Waals surface area contributed by atoms with Gasteiger partial charge in [-0.05, 0) is 48.2 Å². The Morgan fingerprint density at radius 2 is 1.41 bits per heavy atom. The van der Waals surface area contributed by atoms with Gasteiger partial charge in [0.15, 0.2) is 0 Å². The molecule has 1 aliphatic rings. The minimum Gasteiger partial charge on any atom is -0.488 e. The van der Waals surface area contributed by atoms with Crippen LogP contribution in [0.2, 0.25) is 0 Å². The van der Waals surface area contributed by atoms with Crippen LogP contribution in [0.3, 0.4) is 0 Å². The van der Waals surface area contributed by atoms with E-state index in [0.717, 1.165) is 38.0 Å². The number of likely N-dealkylation sites (tertiary alicyclic amines) is 1. The molecule has 4 aromatic carbocycles. The molecule has 1 amide bonds. The number of amides is 1. The highest BCUT2D eigenvalue weighted by Crippen LogP contribution is 2.29. The zero-order valence-corrected chi connectivity index (χ0v) is 21.1. The van der Waals surface area contributed by atoms with Gasteiger partial charge in [0, 0.05) is 25.0 Å². The van der Waals surface area contributed by atoms with E-state index in [2.05, 4.69) is 70.9 Å². The number of nitrogens with one attached hydrogen (secondary N) is 1. The molecule has 4 heteroatoms. The second kappa shape index (κ2) is 12.4. The Balaban J connectivity index is 1.17. The average Bonchev–Trinajstić information content (AvgIpc) is 3.41. The van der Waals surface area contributed by atoms with E-state index in [1.54, 1.807) is 0 Å². The summed E-state index contributed by atoms with van der Waals surface area (Å²) >= 11 is 0. The van der Waals surface area contributed by atoms with Crippen molar-refractivity contribution in [1.29, 1.82) is 0 Å². The predicted molar refractivity (Wildman–Crippen MR) is 149 cm³/mol. The molecule has 188 valence electrons. The van der Waals surface area contributed by atoms with Gasteiger partial charge >= 0.3 is 0 Å². The highest BCUT2D eigenvalue weighted by molar-refractivity contribution is 5.97. The van der Waals surface area contributed by atoms with Crippen molar-refractivity contribution in [1.82, 2.24) is 10.2 Å². The van der Waals surface area contributed by atoms with Gasteiger partial charge in [-0.25, -0.2) is 0 Å². The van der Waals surface area contributed by atoms with E-state index in [-0.39, 0.29) is 11.9 Å². The maximum atomic E-state index is 13.2. The predicted octanol–water partition coefficient (Wildman–Crippen LogP) is 6.29. The van der Waals surface area contributed by atoms with E-state index in [9.17, 15) is 4.79 Å². The monoisotopic (exact) mass is 490 g/mol. The second-order valence-corrected chi connectivity index (χ2v) is 9.69. The lowest BCUT2D eigenvalue weighted by Gasteiger charge is -2.22. The summed E-state index contributed by atoms with van der Waals surface area (Å²) < 4.78 is 6.01. The molecule has 1 saturated heterocycles. The quantitative estimate of drug-likeness (QED) is 0.284. The fraction of sp³-hybridized carbons (Fsp3) is 0.242. The van der Waals surface area contributed by atoms with Gasteiger partial charge < -0.3 is 15.0 Å². The molecule has 1 aliphatic heterocycles. The van der Waals surface area contributed by atoms with Crippen LogP contribution in [0.5, 0.6) is 5.75 Å². The van der Waals surface area contributed by atoms with Gasteiger partial charge in [0.2, 0.25) is 0 Å². The topological polar surface area (TPSA) is 41.6 Å². The first-order valence-corrected chi connectivity index (χ1v) is 13.1. The smallest absolute Gasteiger partial charge is 0.255 e. The Kier molecular flexibility index (Phi) is 8.29. The number of hydrogen-bond acceptors (Lipinski definition) is 3. The van der Waals surface area contributed by atoms with Crippen molar-refractivity contribution >= 4 is 5.91 Å². The van der Waals surface area contributed by atoms with Crippen molar-refractivity contribution in [3.8, 4) is 5.75 Å². The van der Waals surface area contributed by atoms with E-state index in [1.165, 1.54) is 11.1 Å². The Hall–Kier alpha value is -3.89. The van der Waals surface area contributed by atoms with Gasteiger partial charge in [-0.2, -0.15) is 0 Å². The highest BCUT2D eigenvalue weighted by atomic mass is 16.5. The third-order valence-electron chi connectivity index (χ3n) is 7.11. The van der Waals surface area contributed by atoms with Crippen molar-refractivity contribution < 1.29 is 9.53 Å². The highest BCUT2D eigenvalue weighted by Gasteiger charge is 2.26. The molecule has 5 rings (SSSR count). The Morgan fingerprint density at radius 1 is 0.811 bits per heavy atom. The van der Waals surface area contributed by atoms with E-state index in [4.69, 9.17) is 4.74 Å². The Bertz CT molecular complexity index is 1220. The van der Waals surface area contributed by atoms with Gasteiger partial charge in [0.05, 0.1) is 5.56 Å². The summed E-state index contributed by atoms with van der Waals surface area (Å²) in [7, 11) is 0. The van der Waals surface area contributed by atoms with Crippen molar-refractivity contribution in [2.75, 3.05) is 19.6 Å². The van der Waals surface area contributed by atoms with Crippen molar-refractivity contribution in [2.45, 2.75) is 31.4 Å². The van der Waals surface area contributed by atoms with E-state index in [1.807, 2.05) is 54.6 Å². The number of hydrogen-bond donors (Lipinski definition) is 1. The molecule has 0 aromatic heterocycles. The fourth-order valence-electron chi connectivity index (χ4n) is 5.14. The van der Waals surface area contributed by atoms with Crippen LogP contribution < -0.4 is 10.1 Å². The third-order valence-corrected chi connectivity index (χ3v) is 7.11. The van der Waals surface area contributed by atoms with E-state index >= 15 is 0 Å². The molecule has 1 atom stereocenters. The van der Waals surface area contributed by atoms with Crippen LogP contribution in [0.15, 0.2) is 115 Å². The molecular weight excluding hydrogens is 456 g/mol. The zero-order valence-electron chi connectivity index (χ0n) is 21.1. The van der Waals surface area contributed by atoms with Gasteiger partial charge in [0.1, 0.15) is 12.4 Å². The fourth-order valence-corrected chi connectivity index (χ4v) is 5.14. The van der Waals surface area contributed by atoms with Crippen LogP contribution in [-0.2, 0) is 6.61 Å². The molecule has 0 aliphatic carbocycles. The van der Waals surface area contributed by atoms with Gasteiger partial charge in [-0.15, -0.1) is 0 Å². The first-order valence-electron chi connectivity index (χ1n) is 13.1. The number of nitrogens with zero attached hydrogens (tertiary/aromatic N) is 1. The minimum absolute atomic E-state index is 0.0676. The van der Waals surface area contributed by atoms with Crippen LogP contribution in [0.1, 0.15) is 45.8 Å². The molecule has 1 unspecified atom stereocenters. The molecule has 0 saturated carbocycles. The van der Waals surface area contributed by atoms with Crippen LogP contribution in [-0.4, -0.2) is 36.5 Å². The minimum atomic E-state index is -0.0676. The Morgan fingerprint density at radius 3 is 2.08 bits per heavy atom. The van der Waals surface area contributed by atoms with Crippen molar-refractivity contribution in [3.63, 3.8) is 0 Å². The number of benzene rings is 4. The number of ether oxygens (including phenoxy) is 1. The lowest BCUT2D eigenvalue weighted by atomic mass is 9.88. The summed E-state index contributed by atoms with van der Waals surface area (Å²) in [5.74, 6) is 0.916. The summed E-state index contributed by atoms with van der Waals surface area (Å²) in [5, 5.41) is 3.25. The third kappa shape index (κ3) is 6.66. The first-order chi connectivity index (χ1) is 18.3. The molecule has 0 radical (unpaired) electrons. The molecule has 1 heterocycles. The van der Waals surface area contributed by atoms with Crippen molar-refractivity contribution in [2.24, 2.45) is 0 Å². The molecule has 4 nitrogen and oxygen atoms in total. The number of para-hydroxylation sites is 1. The zero-order chi connectivity index (χ0) is 25.3. The van der Waals surface area contributed by atoms with E-state index < -0.39 is 0 Å². The molecule has 0 bridgehead atoms. The molecule has 1 fully saturated rings. The van der Waals surface area contributed by atoms with Gasteiger partial charge in [-0.3, -0.25) is 4.79 Å². The van der Waals surface area contributed by atoms with Crippen LogP contribution in [0.25, 0.3) is 0 Å². The number of carbonyl (C=O) groups excluding carboxylic acids is 1. The van der Waals surface area contributed by atoms with E-state index in [0.29, 0.717) is 23.8 Å². The summed E-state index contributed by atoms with van der Waals surface area (Å²) in [6.45, 7) is 3.30. The maximum absolute atomic E-state index is 13.2. The summed E-state index contributed by atoms with van der Waals surface area (Å²) in [6.07, 6.45) is 2.00. The largest absolute Gasteiger partial charge is 0.488 e. The standard InChI is InChI=1S/C33H34N2O2/c36-33(31-18-10-11-19-32(31)37-25-26-12-4-1-5-13-26)34-29-20-22-35(24-29)23-21-30(27-14-6-2-7-15-27)28-16-8-3-9-17-28/h1-19,29-30H,20-25H2,(H,34,36). The van der Waals surface area contributed by atoms with Crippen molar-refractivity contribution in [3.05, 3.63) is 138 Å². The second-order valence-electron chi connectivity index (χ2n) is 9.69. The molecule has 1 N–H and O–H groups in total. The van der Waals surface area contributed by atoms with Gasteiger partial charge in [-0.1, -0.05) is 103 Å². The number of carbonyl (C=O) groups is 1. The molecule has 0 spiro atoms. The number of rotatable bonds is 10. The summed E-state index contributed by atoms with van der Waals surface area (Å²) in [4.78, 5) is 15.6. The van der Waals surface area contributed by atoms with Crippen LogP contribution in [0, 0.1) is 0 Å². The average molecular weight is 491 g/mol. The lowest BCUT2D eigenvalue weighted by molar-refractivity contribution is 0.0933. The molecular formula is C33H34N2O2. The molecule has 4 aromatic rings. The Labute approximate surface area is 219 Å². The first kappa shape index (κ1) is 24.8. The maximum Gasteiger partial charge on any atom is 0.255 e. The summed E-state index contributed by atoms with van der Waals surface area (Å²) in [5.41, 5.74) is 4.37. The molecule has 37 heavy (non-hydrogen) atoms. The van der Waals surface area contributed by atoms with Crippen LogP contribution >= 0.6 is 0 Å². The lowest BCUT2D eigenvalue weighted by Crippen LogP contribution is -2.37.